The van der Waals surface area contributed by atoms with Crippen LogP contribution in [0.1, 0.15) is 29.0 Å². The first-order chi connectivity index (χ1) is 11.6. The SMILES string of the molecule is COc1ccc([C@@H](C)NC(=O)c2cc3ccccc3[nH]2)cc1OC. The third kappa shape index (κ3) is 3.06. The Hall–Kier alpha value is -2.95. The number of hydrogen-bond donors (Lipinski definition) is 2. The number of ether oxygens (including phenoxy) is 2. The van der Waals surface area contributed by atoms with E-state index in [0.29, 0.717) is 17.2 Å². The highest BCUT2D eigenvalue weighted by Crippen LogP contribution is 2.30. The zero-order valence-corrected chi connectivity index (χ0v) is 13.9. The lowest BCUT2D eigenvalue weighted by Gasteiger charge is -2.16. The second-order valence-corrected chi connectivity index (χ2v) is 5.58. The highest BCUT2D eigenvalue weighted by Gasteiger charge is 2.15. The Kier molecular flexibility index (Phi) is 4.42. The van der Waals surface area contributed by atoms with Gasteiger partial charge in [-0.05, 0) is 36.8 Å². The molecule has 0 radical (unpaired) electrons. The molecule has 0 saturated carbocycles. The molecule has 3 rings (SSSR count). The van der Waals surface area contributed by atoms with Crippen LogP contribution in [0.3, 0.4) is 0 Å². The molecule has 0 spiro atoms. The van der Waals surface area contributed by atoms with Crippen molar-refractivity contribution < 1.29 is 14.3 Å². The van der Waals surface area contributed by atoms with Crippen LogP contribution in [0.2, 0.25) is 0 Å². The number of amides is 1. The fraction of sp³-hybridized carbons (Fsp3) is 0.211. The monoisotopic (exact) mass is 324 g/mol. The number of aromatic nitrogens is 1. The number of H-pyrrole nitrogens is 1. The molecule has 1 aromatic heterocycles. The Bertz CT molecular complexity index is 837. The van der Waals surface area contributed by atoms with Crippen LogP contribution >= 0.6 is 0 Å². The fourth-order valence-corrected chi connectivity index (χ4v) is 2.68. The van der Waals surface area contributed by atoms with Gasteiger partial charge in [-0.3, -0.25) is 4.79 Å². The number of carbonyl (C=O) groups is 1. The molecule has 0 aliphatic carbocycles. The van der Waals surface area contributed by atoms with Gasteiger partial charge < -0.3 is 19.8 Å². The van der Waals surface area contributed by atoms with Crippen molar-refractivity contribution in [2.45, 2.75) is 13.0 Å². The summed E-state index contributed by atoms with van der Waals surface area (Å²) in [5.41, 5.74) is 2.43. The smallest absolute Gasteiger partial charge is 0.268 e. The van der Waals surface area contributed by atoms with E-state index >= 15 is 0 Å². The van der Waals surface area contributed by atoms with Crippen LogP contribution in [0.25, 0.3) is 10.9 Å². The van der Waals surface area contributed by atoms with Crippen LogP contribution in [0.4, 0.5) is 0 Å². The van der Waals surface area contributed by atoms with Crippen molar-refractivity contribution in [1.29, 1.82) is 0 Å². The molecule has 5 nitrogen and oxygen atoms in total. The van der Waals surface area contributed by atoms with E-state index in [1.807, 2.05) is 55.5 Å². The van der Waals surface area contributed by atoms with E-state index in [0.717, 1.165) is 16.5 Å². The third-order valence-electron chi connectivity index (χ3n) is 4.03. The standard InChI is InChI=1S/C19H20N2O3/c1-12(13-8-9-17(23-2)18(11-13)24-3)20-19(22)16-10-14-6-4-5-7-15(14)21-16/h4-12,21H,1-3H3,(H,20,22)/t12-/m1/s1. The van der Waals surface area contributed by atoms with Gasteiger partial charge in [0.15, 0.2) is 11.5 Å². The normalized spacial score (nSPS) is 12.0. The number of aromatic amines is 1. The maximum Gasteiger partial charge on any atom is 0.268 e. The average Bonchev–Trinajstić information content (AvgIpc) is 3.05. The molecule has 3 aromatic rings. The molecule has 0 fully saturated rings. The summed E-state index contributed by atoms with van der Waals surface area (Å²) in [5, 5.41) is 4.01. The van der Waals surface area contributed by atoms with Gasteiger partial charge >= 0.3 is 0 Å². The molecule has 1 amide bonds. The summed E-state index contributed by atoms with van der Waals surface area (Å²) in [4.78, 5) is 15.6. The number of para-hydroxylation sites is 1. The number of fused-ring (bicyclic) bond motifs is 1. The highest BCUT2D eigenvalue weighted by atomic mass is 16.5. The average molecular weight is 324 g/mol. The zero-order valence-electron chi connectivity index (χ0n) is 13.9. The maximum absolute atomic E-state index is 12.5. The van der Waals surface area contributed by atoms with E-state index in [1.54, 1.807) is 14.2 Å². The summed E-state index contributed by atoms with van der Waals surface area (Å²) in [6, 6.07) is 15.1. The van der Waals surface area contributed by atoms with Gasteiger partial charge in [-0.15, -0.1) is 0 Å². The Balaban J connectivity index is 1.78. The van der Waals surface area contributed by atoms with Gasteiger partial charge in [0.05, 0.1) is 20.3 Å². The van der Waals surface area contributed by atoms with Crippen molar-refractivity contribution >= 4 is 16.8 Å². The van der Waals surface area contributed by atoms with Crippen LogP contribution in [0.15, 0.2) is 48.5 Å². The zero-order chi connectivity index (χ0) is 17.1. The van der Waals surface area contributed by atoms with Gasteiger partial charge in [-0.2, -0.15) is 0 Å². The molecule has 124 valence electrons. The molecule has 0 unspecified atom stereocenters. The predicted molar refractivity (Wildman–Crippen MR) is 93.7 cm³/mol. The molecule has 5 heteroatoms. The summed E-state index contributed by atoms with van der Waals surface area (Å²) in [7, 11) is 3.19. The van der Waals surface area contributed by atoms with Gasteiger partial charge in [-0.25, -0.2) is 0 Å². The number of nitrogens with one attached hydrogen (secondary N) is 2. The molecule has 0 bridgehead atoms. The summed E-state index contributed by atoms with van der Waals surface area (Å²) in [6.07, 6.45) is 0. The highest BCUT2D eigenvalue weighted by molar-refractivity contribution is 5.98. The lowest BCUT2D eigenvalue weighted by atomic mass is 10.1. The van der Waals surface area contributed by atoms with Crippen LogP contribution in [0, 0.1) is 0 Å². The van der Waals surface area contributed by atoms with Crippen LogP contribution in [-0.4, -0.2) is 25.1 Å². The van der Waals surface area contributed by atoms with Crippen molar-refractivity contribution in [2.24, 2.45) is 0 Å². The van der Waals surface area contributed by atoms with E-state index in [9.17, 15) is 4.79 Å². The molecule has 0 aliphatic heterocycles. The van der Waals surface area contributed by atoms with Gasteiger partial charge in [-0.1, -0.05) is 24.3 Å². The van der Waals surface area contributed by atoms with Crippen LogP contribution in [-0.2, 0) is 0 Å². The van der Waals surface area contributed by atoms with Gasteiger partial charge in [0.1, 0.15) is 5.69 Å². The summed E-state index contributed by atoms with van der Waals surface area (Å²) in [6.45, 7) is 1.93. The number of hydrogen-bond acceptors (Lipinski definition) is 3. The molecule has 0 saturated heterocycles. The van der Waals surface area contributed by atoms with E-state index < -0.39 is 0 Å². The Morgan fingerprint density at radius 2 is 1.79 bits per heavy atom. The minimum Gasteiger partial charge on any atom is -0.493 e. The molecule has 1 heterocycles. The minimum absolute atomic E-state index is 0.145. The number of carbonyl (C=O) groups excluding carboxylic acids is 1. The second-order valence-electron chi connectivity index (χ2n) is 5.58. The second kappa shape index (κ2) is 6.66. The third-order valence-corrected chi connectivity index (χ3v) is 4.03. The Labute approximate surface area is 140 Å². The predicted octanol–water partition coefficient (Wildman–Crippen LogP) is 3.68. The molecular formula is C19H20N2O3. The first-order valence-electron chi connectivity index (χ1n) is 7.73. The first kappa shape index (κ1) is 15.9. The van der Waals surface area contributed by atoms with E-state index in [4.69, 9.17) is 9.47 Å². The molecule has 2 aromatic carbocycles. The summed E-state index contributed by atoms with van der Waals surface area (Å²) in [5.74, 6) is 1.16. The van der Waals surface area contributed by atoms with Crippen molar-refractivity contribution in [2.75, 3.05) is 14.2 Å². The number of methoxy groups -OCH3 is 2. The largest absolute Gasteiger partial charge is 0.493 e. The van der Waals surface area contributed by atoms with Gasteiger partial charge in [0.2, 0.25) is 0 Å². The summed E-state index contributed by atoms with van der Waals surface area (Å²) < 4.78 is 10.6. The quantitative estimate of drug-likeness (QED) is 0.752. The molecule has 0 aliphatic rings. The maximum atomic E-state index is 12.5. The summed E-state index contributed by atoms with van der Waals surface area (Å²) >= 11 is 0. The van der Waals surface area contributed by atoms with Crippen molar-refractivity contribution in [3.05, 3.63) is 59.8 Å². The molecule has 1 atom stereocenters. The molecular weight excluding hydrogens is 304 g/mol. The number of benzene rings is 2. The van der Waals surface area contributed by atoms with Crippen LogP contribution in [0.5, 0.6) is 11.5 Å². The lowest BCUT2D eigenvalue weighted by molar-refractivity contribution is 0.0935. The first-order valence-corrected chi connectivity index (χ1v) is 7.73. The van der Waals surface area contributed by atoms with E-state index in [2.05, 4.69) is 10.3 Å². The Morgan fingerprint density at radius 1 is 1.04 bits per heavy atom. The van der Waals surface area contributed by atoms with Crippen molar-refractivity contribution in [1.82, 2.24) is 10.3 Å². The van der Waals surface area contributed by atoms with Crippen LogP contribution < -0.4 is 14.8 Å². The number of rotatable bonds is 5. The van der Waals surface area contributed by atoms with Crippen molar-refractivity contribution in [3.8, 4) is 11.5 Å². The molecule has 24 heavy (non-hydrogen) atoms. The van der Waals surface area contributed by atoms with Crippen molar-refractivity contribution in [3.63, 3.8) is 0 Å². The van der Waals surface area contributed by atoms with Gasteiger partial charge in [0.25, 0.3) is 5.91 Å². The van der Waals surface area contributed by atoms with E-state index in [-0.39, 0.29) is 11.9 Å². The van der Waals surface area contributed by atoms with E-state index in [1.165, 1.54) is 0 Å². The van der Waals surface area contributed by atoms with Gasteiger partial charge in [0, 0.05) is 10.9 Å². The molecule has 2 N–H and O–H groups in total. The lowest BCUT2D eigenvalue weighted by Crippen LogP contribution is -2.26. The Morgan fingerprint density at radius 3 is 2.50 bits per heavy atom. The minimum atomic E-state index is -0.163. The fourth-order valence-electron chi connectivity index (χ4n) is 2.68. The topological polar surface area (TPSA) is 63.3 Å².